The predicted molar refractivity (Wildman–Crippen MR) is 71.2 cm³/mol. The molecule has 94 valence electrons. The van der Waals surface area contributed by atoms with Crippen LogP contribution in [0.4, 0.5) is 4.39 Å². The molecule has 1 aromatic heterocycles. The lowest BCUT2D eigenvalue weighted by atomic mass is 9.99. The Morgan fingerprint density at radius 2 is 2.00 bits per heavy atom. The number of halogens is 2. The van der Waals surface area contributed by atoms with Crippen molar-refractivity contribution in [3.8, 4) is 0 Å². The van der Waals surface area contributed by atoms with Gasteiger partial charge in [-0.15, -0.1) is 0 Å². The molecule has 18 heavy (non-hydrogen) atoms. The first-order valence-corrected chi connectivity index (χ1v) is 6.09. The number of hydrogen-bond donors (Lipinski definition) is 1. The van der Waals surface area contributed by atoms with E-state index in [-0.39, 0.29) is 11.9 Å². The SMILES string of the molecule is CNC(Cc1ccncc1)c1ccc(Cl)cc1F. The Morgan fingerprint density at radius 3 is 2.61 bits per heavy atom. The molecular weight excluding hydrogens is 251 g/mol. The summed E-state index contributed by atoms with van der Waals surface area (Å²) in [7, 11) is 1.82. The van der Waals surface area contributed by atoms with Crippen LogP contribution in [-0.2, 0) is 6.42 Å². The molecule has 2 rings (SSSR count). The first-order chi connectivity index (χ1) is 8.70. The third-order valence-electron chi connectivity index (χ3n) is 2.88. The Hall–Kier alpha value is -1.45. The molecular formula is C14H14ClFN2. The van der Waals surface area contributed by atoms with E-state index in [0.717, 1.165) is 5.56 Å². The fourth-order valence-corrected chi connectivity index (χ4v) is 2.06. The number of hydrogen-bond acceptors (Lipinski definition) is 2. The number of nitrogens with one attached hydrogen (secondary N) is 1. The van der Waals surface area contributed by atoms with Gasteiger partial charge in [-0.2, -0.15) is 0 Å². The molecule has 0 aliphatic heterocycles. The summed E-state index contributed by atoms with van der Waals surface area (Å²) in [6.07, 6.45) is 4.18. The third-order valence-corrected chi connectivity index (χ3v) is 3.11. The highest BCUT2D eigenvalue weighted by Gasteiger charge is 2.14. The minimum Gasteiger partial charge on any atom is -0.313 e. The van der Waals surface area contributed by atoms with Gasteiger partial charge in [-0.3, -0.25) is 4.98 Å². The maximum atomic E-state index is 13.9. The molecule has 1 aromatic carbocycles. The van der Waals surface area contributed by atoms with E-state index in [2.05, 4.69) is 10.3 Å². The van der Waals surface area contributed by atoms with Gasteiger partial charge < -0.3 is 5.32 Å². The topological polar surface area (TPSA) is 24.9 Å². The lowest BCUT2D eigenvalue weighted by molar-refractivity contribution is 0.534. The first-order valence-electron chi connectivity index (χ1n) is 5.72. The van der Waals surface area contributed by atoms with Gasteiger partial charge in [-0.1, -0.05) is 17.7 Å². The van der Waals surface area contributed by atoms with Crippen molar-refractivity contribution in [2.24, 2.45) is 0 Å². The monoisotopic (exact) mass is 264 g/mol. The van der Waals surface area contributed by atoms with Crippen molar-refractivity contribution in [1.29, 1.82) is 0 Å². The van der Waals surface area contributed by atoms with Gasteiger partial charge in [-0.25, -0.2) is 4.39 Å². The van der Waals surface area contributed by atoms with Gasteiger partial charge in [0.2, 0.25) is 0 Å². The van der Waals surface area contributed by atoms with Crippen molar-refractivity contribution in [2.75, 3.05) is 7.05 Å². The van der Waals surface area contributed by atoms with Gasteiger partial charge in [0.15, 0.2) is 0 Å². The normalized spacial score (nSPS) is 12.4. The summed E-state index contributed by atoms with van der Waals surface area (Å²) >= 11 is 5.76. The van der Waals surface area contributed by atoms with Crippen molar-refractivity contribution in [1.82, 2.24) is 10.3 Å². The zero-order valence-electron chi connectivity index (χ0n) is 10.0. The van der Waals surface area contributed by atoms with Crippen molar-refractivity contribution in [2.45, 2.75) is 12.5 Å². The van der Waals surface area contributed by atoms with E-state index in [1.54, 1.807) is 24.5 Å². The lowest BCUT2D eigenvalue weighted by Crippen LogP contribution is -2.20. The second-order valence-corrected chi connectivity index (χ2v) is 4.50. The van der Waals surface area contributed by atoms with Crippen molar-refractivity contribution >= 4 is 11.6 Å². The molecule has 0 radical (unpaired) electrons. The standard InChI is InChI=1S/C14H14ClFN2/c1-17-14(8-10-4-6-18-7-5-10)12-3-2-11(15)9-13(12)16/h2-7,9,14,17H,8H2,1H3. The number of rotatable bonds is 4. The van der Waals surface area contributed by atoms with E-state index in [1.165, 1.54) is 6.07 Å². The minimum absolute atomic E-state index is 0.0790. The summed E-state index contributed by atoms with van der Waals surface area (Å²) in [5.41, 5.74) is 1.73. The van der Waals surface area contributed by atoms with E-state index < -0.39 is 0 Å². The van der Waals surface area contributed by atoms with Crippen LogP contribution in [0.1, 0.15) is 17.2 Å². The van der Waals surface area contributed by atoms with Crippen molar-refractivity contribution in [3.63, 3.8) is 0 Å². The van der Waals surface area contributed by atoms with Crippen LogP contribution in [-0.4, -0.2) is 12.0 Å². The summed E-state index contributed by atoms with van der Waals surface area (Å²) in [5.74, 6) is -0.282. The second kappa shape index (κ2) is 5.94. The van der Waals surface area contributed by atoms with Crippen molar-refractivity contribution in [3.05, 3.63) is 64.7 Å². The average molecular weight is 265 g/mol. The van der Waals surface area contributed by atoms with Gasteiger partial charge in [0, 0.05) is 29.0 Å². The molecule has 0 saturated carbocycles. The van der Waals surface area contributed by atoms with Gasteiger partial charge >= 0.3 is 0 Å². The predicted octanol–water partition coefficient (Wildman–Crippen LogP) is 3.38. The van der Waals surface area contributed by atoms with Crippen molar-refractivity contribution < 1.29 is 4.39 Å². The summed E-state index contributed by atoms with van der Waals surface area (Å²) in [4.78, 5) is 3.97. The van der Waals surface area contributed by atoms with Crippen LogP contribution in [0.25, 0.3) is 0 Å². The lowest BCUT2D eigenvalue weighted by Gasteiger charge is -2.17. The highest BCUT2D eigenvalue weighted by Crippen LogP contribution is 2.23. The molecule has 0 amide bonds. The number of nitrogens with zero attached hydrogens (tertiary/aromatic N) is 1. The number of benzene rings is 1. The summed E-state index contributed by atoms with van der Waals surface area (Å²) in [6, 6.07) is 8.55. The fourth-order valence-electron chi connectivity index (χ4n) is 1.91. The smallest absolute Gasteiger partial charge is 0.129 e. The molecule has 4 heteroatoms. The Morgan fingerprint density at radius 1 is 1.28 bits per heavy atom. The van der Waals surface area contributed by atoms with E-state index in [4.69, 9.17) is 11.6 Å². The second-order valence-electron chi connectivity index (χ2n) is 4.07. The van der Waals surface area contributed by atoms with Crippen LogP contribution in [0.15, 0.2) is 42.7 Å². The fraction of sp³-hybridized carbons (Fsp3) is 0.214. The largest absolute Gasteiger partial charge is 0.313 e. The zero-order chi connectivity index (χ0) is 13.0. The van der Waals surface area contributed by atoms with E-state index in [9.17, 15) is 4.39 Å². The molecule has 1 atom stereocenters. The van der Waals surface area contributed by atoms with Gasteiger partial charge in [0.25, 0.3) is 0 Å². The summed E-state index contributed by atoms with van der Waals surface area (Å²) < 4.78 is 13.9. The number of pyridine rings is 1. The number of aromatic nitrogens is 1. The molecule has 2 nitrogen and oxygen atoms in total. The van der Waals surface area contributed by atoms with Crippen LogP contribution >= 0.6 is 11.6 Å². The Labute approximate surface area is 111 Å². The third kappa shape index (κ3) is 3.06. The van der Waals surface area contributed by atoms with Gasteiger partial charge in [-0.05, 0) is 43.3 Å². The molecule has 0 fully saturated rings. The van der Waals surface area contributed by atoms with Crippen LogP contribution in [0.2, 0.25) is 5.02 Å². The van der Waals surface area contributed by atoms with E-state index in [1.807, 2.05) is 19.2 Å². The highest BCUT2D eigenvalue weighted by atomic mass is 35.5. The van der Waals surface area contributed by atoms with Crippen LogP contribution in [0, 0.1) is 5.82 Å². The van der Waals surface area contributed by atoms with Crippen LogP contribution in [0.3, 0.4) is 0 Å². The molecule has 2 aromatic rings. The van der Waals surface area contributed by atoms with Crippen LogP contribution in [0.5, 0.6) is 0 Å². The Bertz CT molecular complexity index is 516. The molecule has 1 heterocycles. The maximum Gasteiger partial charge on any atom is 0.129 e. The van der Waals surface area contributed by atoms with E-state index >= 15 is 0 Å². The maximum absolute atomic E-state index is 13.9. The number of likely N-dealkylation sites (N-methyl/N-ethyl adjacent to an activating group) is 1. The molecule has 1 N–H and O–H groups in total. The highest BCUT2D eigenvalue weighted by molar-refractivity contribution is 6.30. The summed E-state index contributed by atoms with van der Waals surface area (Å²) in [5, 5.41) is 3.54. The summed E-state index contributed by atoms with van der Waals surface area (Å²) in [6.45, 7) is 0. The molecule has 1 unspecified atom stereocenters. The van der Waals surface area contributed by atoms with Gasteiger partial charge in [0.1, 0.15) is 5.82 Å². The first kappa shape index (κ1) is 13.0. The zero-order valence-corrected chi connectivity index (χ0v) is 10.8. The molecule has 0 aliphatic carbocycles. The van der Waals surface area contributed by atoms with Crippen LogP contribution < -0.4 is 5.32 Å². The molecule has 0 aliphatic rings. The molecule has 0 saturated heterocycles. The quantitative estimate of drug-likeness (QED) is 0.916. The Balaban J connectivity index is 2.23. The molecule has 0 spiro atoms. The van der Waals surface area contributed by atoms with E-state index in [0.29, 0.717) is 17.0 Å². The minimum atomic E-state index is -0.282. The average Bonchev–Trinajstić information content (AvgIpc) is 2.38. The van der Waals surface area contributed by atoms with Gasteiger partial charge in [0.05, 0.1) is 0 Å². The molecule has 0 bridgehead atoms. The Kier molecular flexibility index (Phi) is 4.28.